The maximum Gasteiger partial charge on any atom is 0.312 e. The van der Waals surface area contributed by atoms with E-state index in [9.17, 15) is 9.59 Å². The summed E-state index contributed by atoms with van der Waals surface area (Å²) in [4.78, 5) is 21.6. The monoisotopic (exact) mass is 280 g/mol. The lowest BCUT2D eigenvalue weighted by Gasteiger charge is -2.08. The van der Waals surface area contributed by atoms with Crippen LogP contribution in [0.3, 0.4) is 0 Å². The second-order valence-corrected chi connectivity index (χ2v) is 4.03. The zero-order valence-electron chi connectivity index (χ0n) is 13.6. The van der Waals surface area contributed by atoms with Gasteiger partial charge in [-0.05, 0) is 12.5 Å². The van der Waals surface area contributed by atoms with Crippen molar-refractivity contribution in [2.45, 2.75) is 53.4 Å². The first-order valence-electron chi connectivity index (χ1n) is 7.23. The topological polar surface area (TPSA) is 43.4 Å². The second-order valence-electron chi connectivity index (χ2n) is 4.03. The van der Waals surface area contributed by atoms with Crippen LogP contribution in [0.2, 0.25) is 0 Å². The largest absolute Gasteiger partial charge is 0.469 e. The molecule has 0 amide bonds. The summed E-state index contributed by atoms with van der Waals surface area (Å²) in [7, 11) is 1.36. The molecule has 0 spiro atoms. The summed E-state index contributed by atoms with van der Waals surface area (Å²) in [5, 5.41) is 0. The average Bonchev–Trinajstić information content (AvgIpc) is 2.55. The van der Waals surface area contributed by atoms with Gasteiger partial charge in [-0.25, -0.2) is 0 Å². The molecule has 1 atom stereocenters. The van der Waals surface area contributed by atoms with E-state index in [0.29, 0.717) is 5.56 Å². The summed E-state index contributed by atoms with van der Waals surface area (Å²) in [5.74, 6) is -0.565. The van der Waals surface area contributed by atoms with E-state index in [1.807, 2.05) is 13.8 Å². The summed E-state index contributed by atoms with van der Waals surface area (Å²) >= 11 is 0. The summed E-state index contributed by atoms with van der Waals surface area (Å²) in [6.45, 7) is 10.1. The first kappa shape index (κ1) is 20.7. The molecular formula is C17H28O3. The lowest BCUT2D eigenvalue weighted by Crippen LogP contribution is -2.10. The molecule has 3 heteroatoms. The molecule has 0 N–H and O–H groups in total. The molecule has 114 valence electrons. The maximum atomic E-state index is 11.2. The van der Waals surface area contributed by atoms with Crippen molar-refractivity contribution in [1.82, 2.24) is 0 Å². The molecular weight excluding hydrogens is 252 g/mol. The Bertz CT molecular complexity index is 353. The number of benzene rings is 1. The molecule has 0 saturated carbocycles. The van der Waals surface area contributed by atoms with Gasteiger partial charge in [0, 0.05) is 5.56 Å². The standard InChI is InChI=1S/C11H12O3.C4H10.C2H6/c1-8(11(13)14-2)10-5-3-9(7-12)4-6-10;1-3-4-2;1-2/h3-8H,1-2H3;3-4H2,1-2H3;1-2H3. The predicted molar refractivity (Wildman–Crippen MR) is 84.2 cm³/mol. The molecule has 0 radical (unpaired) electrons. The van der Waals surface area contributed by atoms with Gasteiger partial charge in [0.25, 0.3) is 0 Å². The number of unbranched alkanes of at least 4 members (excludes halogenated alkanes) is 1. The molecule has 0 fully saturated rings. The van der Waals surface area contributed by atoms with Crippen molar-refractivity contribution in [2.24, 2.45) is 0 Å². The minimum Gasteiger partial charge on any atom is -0.469 e. The summed E-state index contributed by atoms with van der Waals surface area (Å²) in [6.07, 6.45) is 3.41. The van der Waals surface area contributed by atoms with Crippen LogP contribution < -0.4 is 0 Å². The lowest BCUT2D eigenvalue weighted by molar-refractivity contribution is -0.141. The minimum atomic E-state index is -0.291. The summed E-state index contributed by atoms with van der Waals surface area (Å²) in [5.41, 5.74) is 1.45. The lowest BCUT2D eigenvalue weighted by atomic mass is 10.0. The van der Waals surface area contributed by atoms with E-state index in [0.717, 1.165) is 11.8 Å². The Morgan fingerprint density at radius 2 is 1.60 bits per heavy atom. The van der Waals surface area contributed by atoms with E-state index >= 15 is 0 Å². The van der Waals surface area contributed by atoms with Gasteiger partial charge >= 0.3 is 5.97 Å². The van der Waals surface area contributed by atoms with E-state index in [1.54, 1.807) is 31.2 Å². The SMILES string of the molecule is CC.CCCC.COC(=O)C(C)c1ccc(C=O)cc1. The van der Waals surface area contributed by atoms with Crippen molar-refractivity contribution in [3.63, 3.8) is 0 Å². The van der Waals surface area contributed by atoms with E-state index in [1.165, 1.54) is 20.0 Å². The Morgan fingerprint density at radius 3 is 1.90 bits per heavy atom. The molecule has 0 heterocycles. The number of carbonyl (C=O) groups excluding carboxylic acids is 2. The number of hydrogen-bond acceptors (Lipinski definition) is 3. The Balaban J connectivity index is 0. The Labute approximate surface area is 123 Å². The molecule has 0 aromatic heterocycles. The van der Waals surface area contributed by atoms with Gasteiger partial charge in [0.2, 0.25) is 0 Å². The molecule has 20 heavy (non-hydrogen) atoms. The fourth-order valence-electron chi connectivity index (χ4n) is 1.18. The molecule has 0 aliphatic carbocycles. The quantitative estimate of drug-likeness (QED) is 0.597. The molecule has 0 saturated heterocycles. The molecule has 0 aliphatic heterocycles. The van der Waals surface area contributed by atoms with Crippen LogP contribution in [-0.4, -0.2) is 19.4 Å². The third kappa shape index (κ3) is 8.46. The summed E-state index contributed by atoms with van der Waals surface area (Å²) in [6, 6.07) is 6.88. The van der Waals surface area contributed by atoms with E-state index in [-0.39, 0.29) is 11.9 Å². The van der Waals surface area contributed by atoms with Gasteiger partial charge in [0.15, 0.2) is 0 Å². The Hall–Kier alpha value is -1.64. The van der Waals surface area contributed by atoms with Crippen molar-refractivity contribution >= 4 is 12.3 Å². The fourth-order valence-corrected chi connectivity index (χ4v) is 1.18. The van der Waals surface area contributed by atoms with E-state index in [2.05, 4.69) is 18.6 Å². The zero-order chi connectivity index (χ0) is 16.0. The predicted octanol–water partition coefficient (Wildman–Crippen LogP) is 4.61. The van der Waals surface area contributed by atoms with Crippen LogP contribution in [-0.2, 0) is 9.53 Å². The molecule has 3 nitrogen and oxygen atoms in total. The third-order valence-electron chi connectivity index (χ3n) is 2.63. The van der Waals surface area contributed by atoms with Crippen molar-refractivity contribution in [2.75, 3.05) is 7.11 Å². The first-order valence-corrected chi connectivity index (χ1v) is 7.23. The van der Waals surface area contributed by atoms with Crippen LogP contribution in [0.15, 0.2) is 24.3 Å². The Morgan fingerprint density at radius 1 is 1.15 bits per heavy atom. The molecule has 1 aromatic rings. The van der Waals surface area contributed by atoms with Crippen molar-refractivity contribution < 1.29 is 14.3 Å². The number of aldehydes is 1. The van der Waals surface area contributed by atoms with Gasteiger partial charge in [-0.2, -0.15) is 0 Å². The highest BCUT2D eigenvalue weighted by atomic mass is 16.5. The van der Waals surface area contributed by atoms with Crippen LogP contribution in [0, 0.1) is 0 Å². The zero-order valence-corrected chi connectivity index (χ0v) is 13.6. The highest BCUT2D eigenvalue weighted by Crippen LogP contribution is 2.16. The molecule has 0 aliphatic rings. The molecule has 0 bridgehead atoms. The maximum absolute atomic E-state index is 11.2. The van der Waals surface area contributed by atoms with Gasteiger partial charge < -0.3 is 4.74 Å². The van der Waals surface area contributed by atoms with Crippen LogP contribution in [0.1, 0.15) is 69.3 Å². The minimum absolute atomic E-state index is 0.274. The number of hydrogen-bond donors (Lipinski definition) is 0. The number of esters is 1. The summed E-state index contributed by atoms with van der Waals surface area (Å²) < 4.78 is 4.61. The number of ether oxygens (including phenoxy) is 1. The van der Waals surface area contributed by atoms with Crippen molar-refractivity contribution in [3.05, 3.63) is 35.4 Å². The van der Waals surface area contributed by atoms with Crippen LogP contribution in [0.5, 0.6) is 0 Å². The van der Waals surface area contributed by atoms with Crippen LogP contribution >= 0.6 is 0 Å². The number of methoxy groups -OCH3 is 1. The van der Waals surface area contributed by atoms with Gasteiger partial charge in [-0.3, -0.25) is 9.59 Å². The first-order chi connectivity index (χ1) is 9.60. The molecule has 1 unspecified atom stereocenters. The highest BCUT2D eigenvalue weighted by Gasteiger charge is 2.14. The second kappa shape index (κ2) is 13.8. The van der Waals surface area contributed by atoms with Crippen LogP contribution in [0.25, 0.3) is 0 Å². The van der Waals surface area contributed by atoms with Crippen LogP contribution in [0.4, 0.5) is 0 Å². The molecule has 1 rings (SSSR count). The molecule has 1 aromatic carbocycles. The smallest absolute Gasteiger partial charge is 0.312 e. The normalized spacial score (nSPS) is 10.1. The van der Waals surface area contributed by atoms with E-state index in [4.69, 9.17) is 0 Å². The van der Waals surface area contributed by atoms with E-state index < -0.39 is 0 Å². The average molecular weight is 280 g/mol. The Kier molecular flexibility index (Phi) is 14.2. The van der Waals surface area contributed by atoms with Gasteiger partial charge in [0.1, 0.15) is 6.29 Å². The van der Waals surface area contributed by atoms with Gasteiger partial charge in [-0.15, -0.1) is 0 Å². The third-order valence-corrected chi connectivity index (χ3v) is 2.63. The van der Waals surface area contributed by atoms with Crippen molar-refractivity contribution in [3.8, 4) is 0 Å². The highest BCUT2D eigenvalue weighted by molar-refractivity contribution is 5.79. The fraction of sp³-hybridized carbons (Fsp3) is 0.529. The number of carbonyl (C=O) groups is 2. The number of rotatable bonds is 4. The van der Waals surface area contributed by atoms with Gasteiger partial charge in [0.05, 0.1) is 13.0 Å². The van der Waals surface area contributed by atoms with Gasteiger partial charge in [-0.1, -0.05) is 64.8 Å². The van der Waals surface area contributed by atoms with Crippen molar-refractivity contribution in [1.29, 1.82) is 0 Å².